The number of amidine groups is 1. The van der Waals surface area contributed by atoms with Crippen molar-refractivity contribution in [3.63, 3.8) is 0 Å². The van der Waals surface area contributed by atoms with Crippen LogP contribution in [-0.4, -0.2) is 33.8 Å². The Hall–Kier alpha value is -4.88. The second-order valence-corrected chi connectivity index (χ2v) is 9.31. The highest BCUT2D eigenvalue weighted by atomic mass is 16.7. The summed E-state index contributed by atoms with van der Waals surface area (Å²) in [6.45, 7) is 2.58. The van der Waals surface area contributed by atoms with E-state index in [2.05, 4.69) is 39.1 Å². The number of aromatic nitrogens is 2. The number of nitrogen functional groups attached to an aromatic ring is 1. The first-order valence-electron chi connectivity index (χ1n) is 12.8. The fraction of sp³-hybridized carbons (Fsp3) is 0.233. The summed E-state index contributed by atoms with van der Waals surface area (Å²) in [5, 5.41) is 14.9. The summed E-state index contributed by atoms with van der Waals surface area (Å²) in [6.07, 6.45) is -0.105. The Morgan fingerprint density at radius 1 is 1.21 bits per heavy atom. The largest absolute Gasteiger partial charge is 0.463 e. The maximum atomic E-state index is 12.4. The molecule has 1 aliphatic carbocycles. The van der Waals surface area contributed by atoms with E-state index >= 15 is 0 Å². The number of rotatable bonds is 10. The second-order valence-electron chi connectivity index (χ2n) is 9.31. The van der Waals surface area contributed by atoms with Crippen molar-refractivity contribution in [2.75, 3.05) is 11.9 Å². The minimum Gasteiger partial charge on any atom is -0.463 e. The molecule has 1 heterocycles. The number of aryl methyl sites for hydroxylation is 1. The average molecular weight is 523 g/mol. The van der Waals surface area contributed by atoms with E-state index in [9.17, 15) is 4.79 Å². The highest BCUT2D eigenvalue weighted by molar-refractivity contribution is 5.95. The van der Waals surface area contributed by atoms with Crippen molar-refractivity contribution in [2.24, 2.45) is 17.9 Å². The number of carbonyl (C=O) groups is 1. The van der Waals surface area contributed by atoms with Gasteiger partial charge in [-0.25, -0.2) is 9.78 Å². The number of benzene rings is 3. The van der Waals surface area contributed by atoms with Crippen LogP contribution in [0.1, 0.15) is 47.9 Å². The molecule has 0 radical (unpaired) electrons. The first-order valence-corrected chi connectivity index (χ1v) is 12.8. The van der Waals surface area contributed by atoms with Gasteiger partial charge in [-0.1, -0.05) is 36.4 Å². The Balaban J connectivity index is 1.26. The number of nitrogens with two attached hydrogens (primary N) is 1. The molecule has 1 aromatic heterocycles. The van der Waals surface area contributed by atoms with Gasteiger partial charge in [-0.3, -0.25) is 5.41 Å². The molecule has 9 nitrogen and oxygen atoms in total. The monoisotopic (exact) mass is 522 g/mol. The molecule has 0 amide bonds. The topological polar surface area (TPSA) is 128 Å². The smallest absolute Gasteiger partial charge is 0.355 e. The predicted molar refractivity (Wildman–Crippen MR) is 151 cm³/mol. The van der Waals surface area contributed by atoms with Gasteiger partial charge in [0.1, 0.15) is 11.7 Å². The van der Waals surface area contributed by atoms with Crippen LogP contribution in [0.15, 0.2) is 83.5 Å². The summed E-state index contributed by atoms with van der Waals surface area (Å²) in [6, 6.07) is 22.9. The molecule has 3 aromatic carbocycles. The van der Waals surface area contributed by atoms with Crippen LogP contribution >= 0.6 is 0 Å². The summed E-state index contributed by atoms with van der Waals surface area (Å²) in [7, 11) is 2.00. The van der Waals surface area contributed by atoms with Crippen LogP contribution < -0.4 is 11.1 Å². The first-order chi connectivity index (χ1) is 18.9. The fourth-order valence-electron chi connectivity index (χ4n) is 4.42. The molecule has 4 aromatic rings. The van der Waals surface area contributed by atoms with E-state index in [1.807, 2.05) is 49.5 Å². The number of anilines is 1. The molecule has 9 heteroatoms. The third-order valence-electron chi connectivity index (χ3n) is 6.68. The van der Waals surface area contributed by atoms with Crippen LogP contribution in [0.25, 0.3) is 11.0 Å². The lowest BCUT2D eigenvalue weighted by molar-refractivity contribution is -0.157. The Bertz CT molecular complexity index is 1570. The number of hydrogen-bond donors (Lipinski definition) is 3. The Kier molecular flexibility index (Phi) is 7.43. The number of allylic oxidation sites excluding steroid dienone is 1. The SMILES string of the molecule is CCOC(=O)C(ON=C=C1CC1c1ccc2c(c1)nc(CNc1ccc(C(=N)N)cc1)n2C)c1ccccc1. The molecule has 2 atom stereocenters. The van der Waals surface area contributed by atoms with Crippen molar-refractivity contribution >= 4 is 34.4 Å². The normalized spacial score (nSPS) is 14.8. The molecule has 0 bridgehead atoms. The van der Waals surface area contributed by atoms with Crippen molar-refractivity contribution in [2.45, 2.75) is 31.9 Å². The quantitative estimate of drug-likeness (QED) is 0.119. The fourth-order valence-corrected chi connectivity index (χ4v) is 4.42. The number of nitrogens with zero attached hydrogens (tertiary/aromatic N) is 3. The molecule has 5 rings (SSSR count). The summed E-state index contributed by atoms with van der Waals surface area (Å²) < 4.78 is 7.22. The number of esters is 1. The molecule has 198 valence electrons. The van der Waals surface area contributed by atoms with Crippen molar-refractivity contribution in [1.29, 1.82) is 5.41 Å². The minimum absolute atomic E-state index is 0.0493. The number of fused-ring (bicyclic) bond motifs is 1. The zero-order valence-electron chi connectivity index (χ0n) is 21.8. The average Bonchev–Trinajstić information content (AvgIpc) is 3.66. The Labute approximate surface area is 226 Å². The van der Waals surface area contributed by atoms with Gasteiger partial charge in [0.15, 0.2) is 0 Å². The van der Waals surface area contributed by atoms with Gasteiger partial charge in [-0.05, 0) is 60.5 Å². The third kappa shape index (κ3) is 5.84. The molecule has 2 unspecified atom stereocenters. The maximum absolute atomic E-state index is 12.4. The van der Waals surface area contributed by atoms with Gasteiger partial charge >= 0.3 is 5.97 Å². The third-order valence-corrected chi connectivity index (χ3v) is 6.68. The zero-order valence-corrected chi connectivity index (χ0v) is 21.8. The van der Waals surface area contributed by atoms with Crippen LogP contribution in [0.4, 0.5) is 5.69 Å². The molecular formula is C30H30N6O3. The van der Waals surface area contributed by atoms with Gasteiger partial charge in [0.05, 0.1) is 24.2 Å². The lowest BCUT2D eigenvalue weighted by atomic mass is 10.1. The van der Waals surface area contributed by atoms with E-state index in [0.717, 1.165) is 40.1 Å². The van der Waals surface area contributed by atoms with Gasteiger partial charge < -0.3 is 25.2 Å². The van der Waals surface area contributed by atoms with E-state index in [1.54, 1.807) is 19.1 Å². The van der Waals surface area contributed by atoms with Crippen molar-refractivity contribution in [3.8, 4) is 0 Å². The summed E-state index contributed by atoms with van der Waals surface area (Å²) in [5.41, 5.74) is 12.0. The second kappa shape index (κ2) is 11.2. The molecule has 0 aliphatic heterocycles. The van der Waals surface area contributed by atoms with Crippen molar-refractivity contribution < 1.29 is 14.4 Å². The molecule has 0 spiro atoms. The van der Waals surface area contributed by atoms with Crippen LogP contribution in [0.2, 0.25) is 0 Å². The lowest BCUT2D eigenvalue weighted by Crippen LogP contribution is -2.17. The molecule has 39 heavy (non-hydrogen) atoms. The van der Waals surface area contributed by atoms with E-state index in [-0.39, 0.29) is 18.4 Å². The number of imidazole rings is 1. The number of hydrogen-bond acceptors (Lipinski definition) is 7. The number of nitrogens with one attached hydrogen (secondary N) is 2. The summed E-state index contributed by atoms with van der Waals surface area (Å²) in [4.78, 5) is 22.7. The molecule has 4 N–H and O–H groups in total. The molecule has 0 saturated heterocycles. The Morgan fingerprint density at radius 2 is 1.97 bits per heavy atom. The molecule has 1 fully saturated rings. The highest BCUT2D eigenvalue weighted by Gasteiger charge is 2.33. The summed E-state index contributed by atoms with van der Waals surface area (Å²) in [5.74, 6) is 3.64. The number of carbonyl (C=O) groups excluding carboxylic acids is 1. The number of ether oxygens (including phenoxy) is 1. The molecule has 1 aliphatic rings. The van der Waals surface area contributed by atoms with Crippen LogP contribution in [0.5, 0.6) is 0 Å². The van der Waals surface area contributed by atoms with E-state index in [1.165, 1.54) is 0 Å². The van der Waals surface area contributed by atoms with Gasteiger partial charge in [0.2, 0.25) is 6.10 Å². The standard InChI is InChI=1S/C30H30N6O3/c1-3-38-30(37)28(19-7-5-4-6-8-19)39-34-17-22-15-24(22)21-11-14-26-25(16-21)35-27(36(26)2)18-33-23-12-9-20(10-13-23)29(31)32/h4-14,16,24,28,33H,3,15,18H2,1-2H3,(H3,31,32). The summed E-state index contributed by atoms with van der Waals surface area (Å²) >= 11 is 0. The van der Waals surface area contributed by atoms with Crippen LogP contribution in [0.3, 0.4) is 0 Å². The van der Waals surface area contributed by atoms with Gasteiger partial charge in [0, 0.05) is 41.2 Å². The zero-order chi connectivity index (χ0) is 27.4. The Morgan fingerprint density at radius 3 is 2.69 bits per heavy atom. The first kappa shape index (κ1) is 25.8. The van der Waals surface area contributed by atoms with Gasteiger partial charge in [0.25, 0.3) is 0 Å². The van der Waals surface area contributed by atoms with E-state index in [4.69, 9.17) is 25.7 Å². The molecule has 1 saturated carbocycles. The van der Waals surface area contributed by atoms with E-state index in [0.29, 0.717) is 17.7 Å². The van der Waals surface area contributed by atoms with Crippen molar-refractivity contribution in [3.05, 3.63) is 101 Å². The van der Waals surface area contributed by atoms with Crippen LogP contribution in [-0.2, 0) is 28.0 Å². The van der Waals surface area contributed by atoms with Crippen molar-refractivity contribution in [1.82, 2.24) is 9.55 Å². The highest BCUT2D eigenvalue weighted by Crippen LogP contribution is 2.45. The van der Waals surface area contributed by atoms with Gasteiger partial charge in [-0.15, -0.1) is 0 Å². The maximum Gasteiger partial charge on any atom is 0.355 e. The van der Waals surface area contributed by atoms with E-state index < -0.39 is 12.1 Å². The van der Waals surface area contributed by atoms with Gasteiger partial charge in [-0.2, -0.15) is 0 Å². The minimum atomic E-state index is -0.930. The predicted octanol–water partition coefficient (Wildman–Crippen LogP) is 4.79. The molecular weight excluding hydrogens is 492 g/mol. The lowest BCUT2D eigenvalue weighted by Gasteiger charge is -2.12. The van der Waals surface area contributed by atoms with Crippen LogP contribution in [0, 0.1) is 5.41 Å².